The second-order valence-electron chi connectivity index (χ2n) is 4.91. The number of carbonyl (C=O) groups excluding carboxylic acids is 1. The molecule has 0 saturated carbocycles. The maximum Gasteiger partial charge on any atom is 0.339 e. The summed E-state index contributed by atoms with van der Waals surface area (Å²) in [5.41, 5.74) is 0.550. The molecule has 0 aromatic heterocycles. The van der Waals surface area contributed by atoms with Crippen LogP contribution in [0.15, 0.2) is 16.5 Å². The van der Waals surface area contributed by atoms with Crippen molar-refractivity contribution >= 4 is 89.7 Å². The van der Waals surface area contributed by atoms with E-state index in [1.807, 2.05) is 6.07 Å². The minimum absolute atomic E-state index is 0.0774. The summed E-state index contributed by atoms with van der Waals surface area (Å²) >= 11 is 6.45. The van der Waals surface area contributed by atoms with E-state index in [4.69, 9.17) is 4.74 Å². The average Bonchev–Trinajstić information content (AvgIpc) is 2.44. The largest absolute Gasteiger partial charge is 0.861 e. The molecule has 0 atom stereocenters. The van der Waals surface area contributed by atoms with Gasteiger partial charge in [-0.1, -0.05) is 0 Å². The van der Waals surface area contributed by atoms with E-state index in [0.717, 1.165) is 17.0 Å². The predicted octanol–water partition coefficient (Wildman–Crippen LogP) is 2.94. The van der Waals surface area contributed by atoms with Crippen molar-refractivity contribution in [2.45, 2.75) is 25.7 Å². The Kier molecular flexibility index (Phi) is 9.73. The molecular formula is C14H15I3NO5S-. The molecule has 0 saturated heterocycles. The molecule has 0 radical (unpaired) electrons. The Morgan fingerprint density at radius 2 is 1.88 bits per heavy atom. The van der Waals surface area contributed by atoms with Crippen LogP contribution in [0.2, 0.25) is 0 Å². The van der Waals surface area contributed by atoms with E-state index in [1.54, 1.807) is 6.07 Å². The summed E-state index contributed by atoms with van der Waals surface area (Å²) in [5.74, 6) is -1.00. The second kappa shape index (κ2) is 10.4. The molecule has 6 nitrogen and oxygen atoms in total. The van der Waals surface area contributed by atoms with Crippen LogP contribution in [-0.2, 0) is 14.8 Å². The molecule has 1 rings (SSSR count). The first-order valence-corrected chi connectivity index (χ1v) is 12.0. The van der Waals surface area contributed by atoms with Gasteiger partial charge in [0.2, 0.25) is 10.0 Å². The number of halogens is 3. The van der Waals surface area contributed by atoms with Crippen molar-refractivity contribution < 1.29 is 23.1 Å². The molecule has 1 aromatic carbocycles. The third-order valence-corrected chi connectivity index (χ3v) is 6.95. The number of ether oxygens (including phenoxy) is 1. The van der Waals surface area contributed by atoms with Gasteiger partial charge in [-0.25, -0.2) is 13.2 Å². The number of esters is 1. The summed E-state index contributed by atoms with van der Waals surface area (Å²) in [6, 6.07) is 3.77. The zero-order chi connectivity index (χ0) is 18.3. The van der Waals surface area contributed by atoms with Crippen molar-refractivity contribution in [1.82, 2.24) is 0 Å². The third kappa shape index (κ3) is 8.60. The number of hydrogen-bond acceptors (Lipinski definition) is 5. The van der Waals surface area contributed by atoms with Crippen molar-refractivity contribution in [2.24, 2.45) is 4.40 Å². The first-order valence-electron chi connectivity index (χ1n) is 6.87. The number of sulfonamides is 1. The number of unbranched alkanes of at least 4 members (excludes halogenated alkanes) is 2. The quantitative estimate of drug-likeness (QED) is 0.105. The number of hydrogen-bond donors (Lipinski definition) is 0. The second-order valence-corrected chi connectivity index (χ2v) is 10.0. The Morgan fingerprint density at radius 1 is 1.21 bits per heavy atom. The van der Waals surface area contributed by atoms with E-state index in [-0.39, 0.29) is 19.0 Å². The first-order chi connectivity index (χ1) is 11.1. The number of rotatable bonds is 8. The van der Waals surface area contributed by atoms with Gasteiger partial charge in [-0.2, -0.15) is 4.40 Å². The summed E-state index contributed by atoms with van der Waals surface area (Å²) in [6.45, 7) is 0.258. The molecule has 10 heteroatoms. The smallest absolute Gasteiger partial charge is 0.339 e. The van der Waals surface area contributed by atoms with Crippen LogP contribution in [0.4, 0.5) is 0 Å². The van der Waals surface area contributed by atoms with E-state index in [2.05, 4.69) is 72.2 Å². The zero-order valence-electron chi connectivity index (χ0n) is 12.7. The van der Waals surface area contributed by atoms with E-state index in [9.17, 15) is 18.3 Å². The first kappa shape index (κ1) is 22.3. The van der Waals surface area contributed by atoms with Crippen LogP contribution in [0.25, 0.3) is 0 Å². The lowest BCUT2D eigenvalue weighted by Gasteiger charge is -2.10. The third-order valence-electron chi connectivity index (χ3n) is 2.75. The Labute approximate surface area is 182 Å². The average molecular weight is 690 g/mol. The molecule has 0 fully saturated rings. The van der Waals surface area contributed by atoms with Crippen LogP contribution < -0.4 is 5.11 Å². The molecule has 134 valence electrons. The summed E-state index contributed by atoms with van der Waals surface area (Å²) in [4.78, 5) is 12.1. The molecule has 0 aliphatic heterocycles. The van der Waals surface area contributed by atoms with Crippen LogP contribution >= 0.6 is 67.8 Å². The molecule has 24 heavy (non-hydrogen) atoms. The lowest BCUT2D eigenvalue weighted by atomic mass is 10.2. The van der Waals surface area contributed by atoms with Gasteiger partial charge in [0, 0.05) is 10.7 Å². The van der Waals surface area contributed by atoms with E-state index >= 15 is 0 Å². The van der Waals surface area contributed by atoms with Crippen LogP contribution in [0.1, 0.15) is 36.0 Å². The van der Waals surface area contributed by atoms with Crippen LogP contribution in [-0.4, -0.2) is 33.1 Å². The minimum atomic E-state index is -3.62. The van der Waals surface area contributed by atoms with Crippen molar-refractivity contribution in [3.63, 3.8) is 0 Å². The summed E-state index contributed by atoms with van der Waals surface area (Å²) in [7, 11) is -3.62. The van der Waals surface area contributed by atoms with Crippen LogP contribution in [0.3, 0.4) is 0 Å². The number of benzene rings is 1. The fourth-order valence-electron chi connectivity index (χ4n) is 1.73. The topological polar surface area (TPSA) is 95.9 Å². The highest BCUT2D eigenvalue weighted by molar-refractivity contribution is 14.1. The fraction of sp³-hybridized carbons (Fsp3) is 0.429. The Morgan fingerprint density at radius 3 is 2.50 bits per heavy atom. The van der Waals surface area contributed by atoms with Crippen molar-refractivity contribution in [1.29, 1.82) is 0 Å². The van der Waals surface area contributed by atoms with Crippen molar-refractivity contribution in [3.8, 4) is 0 Å². The van der Waals surface area contributed by atoms with Gasteiger partial charge in [0.1, 0.15) is 0 Å². The maximum absolute atomic E-state index is 12.1. The molecule has 0 spiro atoms. The molecule has 0 N–H and O–H groups in total. The molecule has 0 aliphatic carbocycles. The van der Waals surface area contributed by atoms with E-state index in [1.165, 1.54) is 0 Å². The fourth-order valence-corrected chi connectivity index (χ4v) is 4.57. The van der Waals surface area contributed by atoms with Gasteiger partial charge in [-0.15, -0.1) is 0 Å². The van der Waals surface area contributed by atoms with Gasteiger partial charge >= 0.3 is 5.97 Å². The Balaban J connectivity index is 2.36. The zero-order valence-corrected chi connectivity index (χ0v) is 20.0. The lowest BCUT2D eigenvalue weighted by Crippen LogP contribution is -2.19. The van der Waals surface area contributed by atoms with Gasteiger partial charge in [0.25, 0.3) is 0 Å². The van der Waals surface area contributed by atoms with Crippen LogP contribution in [0.5, 0.6) is 0 Å². The normalized spacial score (nSPS) is 12.2. The monoisotopic (exact) mass is 690 g/mol. The van der Waals surface area contributed by atoms with Gasteiger partial charge in [0.05, 0.1) is 18.4 Å². The Bertz CT molecular complexity index is 734. The van der Waals surface area contributed by atoms with Gasteiger partial charge in [-0.3, -0.25) is 0 Å². The van der Waals surface area contributed by atoms with Crippen molar-refractivity contribution in [2.75, 3.05) is 12.9 Å². The standard InChI is InChI=1S/C14H16I3NO5S/c1-24(21,22)18-12(19)5-3-2-4-6-23-14(20)10-7-9(15)8-11(16)13(10)17/h7-8H,2-6H2,1H3,(H,18,19)/p-1. The van der Waals surface area contributed by atoms with E-state index in [0.29, 0.717) is 24.8 Å². The molecule has 1 aromatic rings. The maximum atomic E-state index is 12.1. The highest BCUT2D eigenvalue weighted by atomic mass is 127. The van der Waals surface area contributed by atoms with Gasteiger partial charge < -0.3 is 9.84 Å². The molecule has 0 unspecified atom stereocenters. The number of carbonyl (C=O) groups is 1. The molecular weight excluding hydrogens is 675 g/mol. The lowest BCUT2D eigenvalue weighted by molar-refractivity contribution is -0.218. The van der Waals surface area contributed by atoms with Gasteiger partial charge in [0.15, 0.2) is 0 Å². The molecule has 0 heterocycles. The summed E-state index contributed by atoms with van der Waals surface area (Å²) < 4.78 is 32.8. The summed E-state index contributed by atoms with van der Waals surface area (Å²) in [6.07, 6.45) is 2.73. The highest BCUT2D eigenvalue weighted by Gasteiger charge is 2.14. The molecule has 0 amide bonds. The summed E-state index contributed by atoms with van der Waals surface area (Å²) in [5, 5.41) is 11.3. The molecule has 0 aliphatic rings. The van der Waals surface area contributed by atoms with E-state index < -0.39 is 15.9 Å². The van der Waals surface area contributed by atoms with Crippen molar-refractivity contribution in [3.05, 3.63) is 28.4 Å². The number of nitrogens with zero attached hydrogens (tertiary/aromatic N) is 1. The van der Waals surface area contributed by atoms with Gasteiger partial charge in [-0.05, 0) is 111 Å². The minimum Gasteiger partial charge on any atom is -0.861 e. The highest BCUT2D eigenvalue weighted by Crippen LogP contribution is 2.23. The predicted molar refractivity (Wildman–Crippen MR) is 116 cm³/mol. The molecule has 0 bridgehead atoms. The van der Waals surface area contributed by atoms with Crippen LogP contribution in [0, 0.1) is 10.7 Å². The Hall–Kier alpha value is 0.300. The SMILES string of the molecule is CS(=O)(=O)/N=C(/[O-])CCCCCOC(=O)c1cc(I)cc(I)c1I.